The molecule has 0 aromatic rings. The Morgan fingerprint density at radius 1 is 0.583 bits per heavy atom. The van der Waals surface area contributed by atoms with E-state index in [-0.39, 0.29) is 6.61 Å². The van der Waals surface area contributed by atoms with Crippen LogP contribution in [0.5, 0.6) is 0 Å². The SMILES string of the molecule is CCCCCCCC/C=C/CCCCCCCOCCOCC[18F]. The minimum Gasteiger partial charge on any atom is -0.379 e. The molecule has 0 amide bonds. The molecule has 144 valence electrons. The highest BCUT2D eigenvalue weighted by atomic mass is 18.2. The van der Waals surface area contributed by atoms with Crippen LogP contribution in [-0.2, 0) is 9.47 Å². The molecule has 3 heteroatoms. The van der Waals surface area contributed by atoms with E-state index in [0.717, 1.165) is 13.0 Å². The summed E-state index contributed by atoms with van der Waals surface area (Å²) in [6, 6.07) is 0. The largest absolute Gasteiger partial charge is 0.379 e. The molecule has 0 fully saturated rings. The molecule has 0 bridgehead atoms. The quantitative estimate of drug-likeness (QED) is 0.182. The molecule has 0 unspecified atom stereocenters. The van der Waals surface area contributed by atoms with E-state index >= 15 is 0 Å². The molecule has 0 aliphatic carbocycles. The smallest absolute Gasteiger partial charge is 0.113 e. The molecule has 0 saturated carbocycles. The minimum atomic E-state index is -0.408. The zero-order valence-electron chi connectivity index (χ0n) is 16.1. The summed E-state index contributed by atoms with van der Waals surface area (Å²) in [5, 5.41) is 0. The van der Waals surface area contributed by atoms with Crippen molar-refractivity contribution < 1.29 is 13.9 Å². The third kappa shape index (κ3) is 21.6. The standard InChI is InChI=1S/C21H41FO2/c1-2-3-4-5-6-7-8-9-10-11-12-13-14-15-16-18-23-20-21-24-19-17-22/h9-10H,2-8,11-21H2,1H3/b10-9+/i22-1. The monoisotopic (exact) mass is 343 g/mol. The molecule has 0 aromatic heterocycles. The average molecular weight is 344 g/mol. The van der Waals surface area contributed by atoms with Crippen molar-refractivity contribution >= 4 is 0 Å². The van der Waals surface area contributed by atoms with E-state index in [9.17, 15) is 4.39 Å². The van der Waals surface area contributed by atoms with Gasteiger partial charge in [0.05, 0.1) is 19.8 Å². The summed E-state index contributed by atoms with van der Waals surface area (Å²) in [6.07, 6.45) is 21.9. The maximum atomic E-state index is 11.8. The van der Waals surface area contributed by atoms with Gasteiger partial charge in [-0.1, -0.05) is 70.4 Å². The molecule has 0 saturated heterocycles. The Balaban J connectivity index is 3.03. The molecule has 0 rings (SSSR count). The van der Waals surface area contributed by atoms with Gasteiger partial charge in [0.2, 0.25) is 0 Å². The lowest BCUT2D eigenvalue weighted by molar-refractivity contribution is 0.0415. The number of ether oxygens (including phenoxy) is 2. The van der Waals surface area contributed by atoms with Crippen molar-refractivity contribution in [1.29, 1.82) is 0 Å². The Morgan fingerprint density at radius 2 is 1.08 bits per heavy atom. The fourth-order valence-corrected chi connectivity index (χ4v) is 2.65. The first-order valence-corrected chi connectivity index (χ1v) is 10.3. The van der Waals surface area contributed by atoms with Crippen LogP contribution in [0.15, 0.2) is 12.2 Å². The van der Waals surface area contributed by atoms with Crippen LogP contribution in [0.1, 0.15) is 90.4 Å². The first-order chi connectivity index (χ1) is 11.9. The predicted molar refractivity (Wildman–Crippen MR) is 102 cm³/mol. The Bertz CT molecular complexity index is 244. The first kappa shape index (κ1) is 23.6. The van der Waals surface area contributed by atoms with E-state index < -0.39 is 6.67 Å². The number of unbranched alkanes of at least 4 members (excludes halogenated alkanes) is 11. The number of allylic oxidation sites excluding steroid dienone is 2. The van der Waals surface area contributed by atoms with E-state index in [1.54, 1.807) is 0 Å². The Hall–Kier alpha value is -0.410. The van der Waals surface area contributed by atoms with Crippen molar-refractivity contribution in [3.63, 3.8) is 0 Å². The average Bonchev–Trinajstić information content (AvgIpc) is 2.60. The topological polar surface area (TPSA) is 18.5 Å². The highest BCUT2D eigenvalue weighted by molar-refractivity contribution is 4.81. The Labute approximate surface area is 150 Å². The molecule has 24 heavy (non-hydrogen) atoms. The minimum absolute atomic E-state index is 0.191. The van der Waals surface area contributed by atoms with Gasteiger partial charge in [0.15, 0.2) is 0 Å². The van der Waals surface area contributed by atoms with Crippen molar-refractivity contribution in [2.75, 3.05) is 33.1 Å². The van der Waals surface area contributed by atoms with Crippen molar-refractivity contribution in [1.82, 2.24) is 0 Å². The predicted octanol–water partition coefficient (Wildman–Crippen LogP) is 6.64. The van der Waals surface area contributed by atoms with Gasteiger partial charge in [-0.25, -0.2) is 4.39 Å². The van der Waals surface area contributed by atoms with Crippen LogP contribution in [-0.4, -0.2) is 33.1 Å². The molecule has 0 aliphatic heterocycles. The summed E-state index contributed by atoms with van der Waals surface area (Å²) in [6.45, 7) is 3.95. The van der Waals surface area contributed by atoms with Gasteiger partial charge >= 0.3 is 0 Å². The molecule has 0 aromatic carbocycles. The number of rotatable bonds is 20. The fraction of sp³-hybridized carbons (Fsp3) is 0.905. The second kappa shape index (κ2) is 22.6. The summed E-state index contributed by atoms with van der Waals surface area (Å²) >= 11 is 0. The van der Waals surface area contributed by atoms with Crippen LogP contribution in [0.3, 0.4) is 0 Å². The van der Waals surface area contributed by atoms with E-state index in [0.29, 0.717) is 13.2 Å². The maximum absolute atomic E-state index is 11.8. The van der Waals surface area contributed by atoms with E-state index in [1.807, 2.05) is 0 Å². The Kier molecular flexibility index (Phi) is 22.2. The van der Waals surface area contributed by atoms with Gasteiger partial charge in [0.25, 0.3) is 0 Å². The van der Waals surface area contributed by atoms with Gasteiger partial charge in [-0.05, 0) is 32.1 Å². The zero-order chi connectivity index (χ0) is 17.6. The van der Waals surface area contributed by atoms with Gasteiger partial charge in [-0.2, -0.15) is 0 Å². The molecular weight excluding hydrogens is 302 g/mol. The van der Waals surface area contributed by atoms with Crippen LogP contribution >= 0.6 is 0 Å². The fourth-order valence-electron chi connectivity index (χ4n) is 2.65. The van der Waals surface area contributed by atoms with Crippen molar-refractivity contribution in [2.45, 2.75) is 90.4 Å². The van der Waals surface area contributed by atoms with E-state index in [2.05, 4.69) is 19.1 Å². The molecule has 0 aliphatic rings. The van der Waals surface area contributed by atoms with Crippen LogP contribution < -0.4 is 0 Å². The third-order valence-corrected chi connectivity index (χ3v) is 4.14. The van der Waals surface area contributed by atoms with Crippen LogP contribution in [0.2, 0.25) is 0 Å². The van der Waals surface area contributed by atoms with Crippen molar-refractivity contribution in [3.8, 4) is 0 Å². The van der Waals surface area contributed by atoms with Crippen LogP contribution in [0.25, 0.3) is 0 Å². The van der Waals surface area contributed by atoms with E-state index in [1.165, 1.54) is 77.0 Å². The van der Waals surface area contributed by atoms with Gasteiger partial charge in [-0.3, -0.25) is 0 Å². The summed E-state index contributed by atoms with van der Waals surface area (Å²) < 4.78 is 22.2. The molecule has 0 atom stereocenters. The molecule has 0 radical (unpaired) electrons. The molecule has 0 N–H and O–H groups in total. The highest BCUT2D eigenvalue weighted by Gasteiger charge is 1.93. The second-order valence-electron chi connectivity index (χ2n) is 6.50. The van der Waals surface area contributed by atoms with E-state index in [4.69, 9.17) is 9.47 Å². The lowest BCUT2D eigenvalue weighted by Crippen LogP contribution is -2.06. The normalized spacial score (nSPS) is 11.6. The molecule has 0 heterocycles. The maximum Gasteiger partial charge on any atom is 0.113 e. The van der Waals surface area contributed by atoms with Gasteiger partial charge in [-0.15, -0.1) is 0 Å². The molecule has 0 spiro atoms. The summed E-state index contributed by atoms with van der Waals surface area (Å²) in [5.74, 6) is 0. The van der Waals surface area contributed by atoms with Gasteiger partial charge < -0.3 is 9.47 Å². The summed E-state index contributed by atoms with van der Waals surface area (Å²) in [4.78, 5) is 0. The summed E-state index contributed by atoms with van der Waals surface area (Å²) in [7, 11) is 0. The second-order valence-corrected chi connectivity index (χ2v) is 6.50. The van der Waals surface area contributed by atoms with Crippen molar-refractivity contribution in [2.24, 2.45) is 0 Å². The lowest BCUT2D eigenvalue weighted by Gasteiger charge is -2.04. The lowest BCUT2D eigenvalue weighted by atomic mass is 10.1. The van der Waals surface area contributed by atoms with Crippen molar-refractivity contribution in [3.05, 3.63) is 12.2 Å². The first-order valence-electron chi connectivity index (χ1n) is 10.3. The molecular formula is C21H41FO2. The zero-order valence-corrected chi connectivity index (χ0v) is 16.1. The third-order valence-electron chi connectivity index (χ3n) is 4.14. The van der Waals surface area contributed by atoms with Gasteiger partial charge in [0.1, 0.15) is 6.67 Å². The highest BCUT2D eigenvalue weighted by Crippen LogP contribution is 2.09. The molecule has 2 nitrogen and oxygen atoms in total. The van der Waals surface area contributed by atoms with Gasteiger partial charge in [0, 0.05) is 6.61 Å². The Morgan fingerprint density at radius 3 is 1.67 bits per heavy atom. The number of hydrogen-bond donors (Lipinski definition) is 0. The number of alkyl halides is 1. The number of halogens is 1. The number of hydrogen-bond acceptors (Lipinski definition) is 2. The van der Waals surface area contributed by atoms with Crippen LogP contribution in [0, 0.1) is 0 Å². The summed E-state index contributed by atoms with van der Waals surface area (Å²) in [5.41, 5.74) is 0. The van der Waals surface area contributed by atoms with Crippen LogP contribution in [0.4, 0.5) is 4.39 Å².